The van der Waals surface area contributed by atoms with Crippen LogP contribution in [0.3, 0.4) is 0 Å². The Kier molecular flexibility index (Phi) is 4.42. The number of fused-ring (bicyclic) bond motifs is 1. The number of nitrogens with one attached hydrogen (secondary N) is 4. The first kappa shape index (κ1) is 16.2. The molecule has 0 spiro atoms. The van der Waals surface area contributed by atoms with E-state index in [1.807, 2.05) is 6.07 Å². The van der Waals surface area contributed by atoms with Crippen molar-refractivity contribution in [2.24, 2.45) is 5.92 Å². The molecule has 1 saturated heterocycles. The van der Waals surface area contributed by atoms with Gasteiger partial charge in [0.25, 0.3) is 0 Å². The third-order valence-corrected chi connectivity index (χ3v) is 6.10. The van der Waals surface area contributed by atoms with Crippen molar-refractivity contribution in [1.29, 1.82) is 0 Å². The molecule has 2 amide bonds. The third-order valence-electron chi connectivity index (χ3n) is 4.59. The molecule has 4 rings (SSSR count). The van der Waals surface area contributed by atoms with E-state index in [9.17, 15) is 9.59 Å². The van der Waals surface area contributed by atoms with Gasteiger partial charge in [-0.2, -0.15) is 0 Å². The van der Waals surface area contributed by atoms with Gasteiger partial charge in [0.15, 0.2) is 0 Å². The second-order valence-corrected chi connectivity index (χ2v) is 8.21. The molecule has 1 aromatic rings. The third kappa shape index (κ3) is 3.54. The Morgan fingerprint density at radius 2 is 2.17 bits per heavy atom. The summed E-state index contributed by atoms with van der Waals surface area (Å²) in [5, 5.41) is 5.95. The minimum absolute atomic E-state index is 0.0640. The monoisotopic (exact) mass is 366 g/mol. The van der Waals surface area contributed by atoms with Crippen molar-refractivity contribution >= 4 is 40.9 Å². The van der Waals surface area contributed by atoms with E-state index in [4.69, 9.17) is 11.6 Å². The summed E-state index contributed by atoms with van der Waals surface area (Å²) in [6.07, 6.45) is 3.52. The summed E-state index contributed by atoms with van der Waals surface area (Å²) in [6.45, 7) is 0. The molecule has 3 aliphatic rings. The van der Waals surface area contributed by atoms with E-state index in [2.05, 4.69) is 21.5 Å². The number of benzene rings is 1. The topological polar surface area (TPSA) is 82.3 Å². The molecular weight excluding hydrogens is 348 g/mol. The van der Waals surface area contributed by atoms with E-state index >= 15 is 0 Å². The fourth-order valence-electron chi connectivity index (χ4n) is 3.16. The SMILES string of the molecule is O=C(CC1Sc2ccc(Cl)cc2NC1=O)NC1CC(C2CC2)NN1. The van der Waals surface area contributed by atoms with Crippen molar-refractivity contribution in [2.75, 3.05) is 5.32 Å². The van der Waals surface area contributed by atoms with Crippen LogP contribution < -0.4 is 21.5 Å². The van der Waals surface area contributed by atoms with Gasteiger partial charge in [0.1, 0.15) is 0 Å². The molecule has 0 bridgehead atoms. The second-order valence-electron chi connectivity index (χ2n) is 6.53. The molecule has 3 atom stereocenters. The zero-order valence-electron chi connectivity index (χ0n) is 13.0. The van der Waals surface area contributed by atoms with Crippen LogP contribution in [0.15, 0.2) is 23.1 Å². The number of thioether (sulfide) groups is 1. The van der Waals surface area contributed by atoms with E-state index in [0.29, 0.717) is 16.8 Å². The highest BCUT2D eigenvalue weighted by Crippen LogP contribution is 2.38. The number of hydrogen-bond donors (Lipinski definition) is 4. The Morgan fingerprint density at radius 1 is 1.33 bits per heavy atom. The van der Waals surface area contributed by atoms with E-state index in [0.717, 1.165) is 17.2 Å². The van der Waals surface area contributed by atoms with E-state index in [-0.39, 0.29) is 24.4 Å². The lowest BCUT2D eigenvalue weighted by Gasteiger charge is -2.24. The first-order valence-electron chi connectivity index (χ1n) is 8.16. The largest absolute Gasteiger partial charge is 0.339 e. The maximum absolute atomic E-state index is 12.3. The fraction of sp³-hybridized carbons (Fsp3) is 0.500. The highest BCUT2D eigenvalue weighted by molar-refractivity contribution is 8.01. The molecule has 2 heterocycles. The van der Waals surface area contributed by atoms with Crippen LogP contribution >= 0.6 is 23.4 Å². The molecule has 3 unspecified atom stereocenters. The Labute approximate surface area is 149 Å². The van der Waals surface area contributed by atoms with Crippen molar-refractivity contribution in [3.05, 3.63) is 23.2 Å². The second kappa shape index (κ2) is 6.55. The van der Waals surface area contributed by atoms with Crippen molar-refractivity contribution in [3.63, 3.8) is 0 Å². The average molecular weight is 367 g/mol. The van der Waals surface area contributed by atoms with Crippen LogP contribution in [0.25, 0.3) is 0 Å². The number of amides is 2. The van der Waals surface area contributed by atoms with Gasteiger partial charge < -0.3 is 10.6 Å². The van der Waals surface area contributed by atoms with Crippen molar-refractivity contribution in [1.82, 2.24) is 16.2 Å². The van der Waals surface area contributed by atoms with E-state index in [1.165, 1.54) is 24.6 Å². The fourth-order valence-corrected chi connectivity index (χ4v) is 4.42. The van der Waals surface area contributed by atoms with Gasteiger partial charge in [0.05, 0.1) is 17.1 Å². The van der Waals surface area contributed by atoms with Crippen molar-refractivity contribution in [2.45, 2.75) is 48.0 Å². The summed E-state index contributed by atoms with van der Waals surface area (Å²) in [7, 11) is 0. The zero-order chi connectivity index (χ0) is 16.7. The van der Waals surface area contributed by atoms with Gasteiger partial charge in [-0.1, -0.05) is 11.6 Å². The summed E-state index contributed by atoms with van der Waals surface area (Å²) in [6, 6.07) is 5.83. The molecule has 128 valence electrons. The number of anilines is 1. The van der Waals surface area contributed by atoms with Gasteiger partial charge in [-0.3, -0.25) is 15.0 Å². The summed E-state index contributed by atoms with van der Waals surface area (Å²) < 4.78 is 0. The number of rotatable bonds is 4. The summed E-state index contributed by atoms with van der Waals surface area (Å²) in [5.74, 6) is 0.469. The molecule has 2 fully saturated rings. The van der Waals surface area contributed by atoms with Gasteiger partial charge in [0, 0.05) is 22.4 Å². The smallest absolute Gasteiger partial charge is 0.238 e. The van der Waals surface area contributed by atoms with Crippen LogP contribution in [0, 0.1) is 5.92 Å². The Bertz CT molecular complexity index is 682. The van der Waals surface area contributed by atoms with E-state index in [1.54, 1.807) is 12.1 Å². The predicted octanol–water partition coefficient (Wildman–Crippen LogP) is 1.86. The molecule has 0 radical (unpaired) electrons. The minimum atomic E-state index is -0.424. The molecule has 1 saturated carbocycles. The maximum atomic E-state index is 12.3. The molecule has 2 aliphatic heterocycles. The lowest BCUT2D eigenvalue weighted by Crippen LogP contribution is -2.46. The Balaban J connectivity index is 1.32. The molecule has 8 heteroatoms. The van der Waals surface area contributed by atoms with Crippen LogP contribution in [0.2, 0.25) is 5.02 Å². The molecule has 1 aliphatic carbocycles. The molecule has 1 aromatic carbocycles. The number of hydrogen-bond acceptors (Lipinski definition) is 5. The Hall–Kier alpha value is -1.28. The van der Waals surface area contributed by atoms with Crippen LogP contribution in [0.4, 0.5) is 5.69 Å². The van der Waals surface area contributed by atoms with Crippen LogP contribution in [-0.4, -0.2) is 29.3 Å². The highest BCUT2D eigenvalue weighted by atomic mass is 35.5. The molecular formula is C16H19ClN4O2S. The number of hydrazine groups is 1. The zero-order valence-corrected chi connectivity index (χ0v) is 14.5. The van der Waals surface area contributed by atoms with Crippen LogP contribution in [0.1, 0.15) is 25.7 Å². The molecule has 0 aromatic heterocycles. The highest BCUT2D eigenvalue weighted by Gasteiger charge is 2.37. The van der Waals surface area contributed by atoms with Crippen molar-refractivity contribution in [3.8, 4) is 0 Å². The van der Waals surface area contributed by atoms with Crippen LogP contribution in [-0.2, 0) is 9.59 Å². The first-order chi connectivity index (χ1) is 11.6. The number of carbonyl (C=O) groups is 2. The van der Waals surface area contributed by atoms with Gasteiger partial charge >= 0.3 is 0 Å². The quantitative estimate of drug-likeness (QED) is 0.654. The van der Waals surface area contributed by atoms with Crippen LogP contribution in [0.5, 0.6) is 0 Å². The predicted molar refractivity (Wildman–Crippen MR) is 93.7 cm³/mol. The normalized spacial score (nSPS) is 29.0. The summed E-state index contributed by atoms with van der Waals surface area (Å²) >= 11 is 7.35. The Morgan fingerprint density at radius 3 is 2.96 bits per heavy atom. The first-order valence-corrected chi connectivity index (χ1v) is 9.42. The lowest BCUT2D eigenvalue weighted by atomic mass is 10.1. The molecule has 4 N–H and O–H groups in total. The lowest BCUT2D eigenvalue weighted by molar-refractivity contribution is -0.124. The average Bonchev–Trinajstić information content (AvgIpc) is 3.29. The summed E-state index contributed by atoms with van der Waals surface area (Å²) in [5.41, 5.74) is 7.08. The number of carbonyl (C=O) groups excluding carboxylic acids is 2. The van der Waals surface area contributed by atoms with Gasteiger partial charge in [0.2, 0.25) is 11.8 Å². The molecule has 24 heavy (non-hydrogen) atoms. The van der Waals surface area contributed by atoms with Gasteiger partial charge in [-0.15, -0.1) is 11.8 Å². The van der Waals surface area contributed by atoms with E-state index < -0.39 is 5.25 Å². The minimum Gasteiger partial charge on any atom is -0.339 e. The standard InChI is InChI=1S/C16H19ClN4O2S/c17-9-3-4-12-11(5-9)18-16(23)13(24-12)7-15(22)19-14-6-10(20-21-14)8-1-2-8/h3-5,8,10,13-14,20-21H,1-2,6-7H2,(H,18,23)(H,19,22). The summed E-state index contributed by atoms with van der Waals surface area (Å²) in [4.78, 5) is 25.4. The van der Waals surface area contributed by atoms with Gasteiger partial charge in [-0.25, -0.2) is 5.43 Å². The van der Waals surface area contributed by atoms with Gasteiger partial charge in [-0.05, 0) is 43.4 Å². The molecule has 6 nitrogen and oxygen atoms in total. The number of halogens is 1. The maximum Gasteiger partial charge on any atom is 0.238 e. The van der Waals surface area contributed by atoms with Crippen molar-refractivity contribution < 1.29 is 9.59 Å².